The Morgan fingerprint density at radius 3 is 1.62 bits per heavy atom. The first-order valence-electron chi connectivity index (χ1n) is 9.26. The van der Waals surface area contributed by atoms with Crippen LogP contribution in [-0.2, 0) is 4.79 Å². The van der Waals surface area contributed by atoms with Gasteiger partial charge in [-0.1, -0.05) is 0 Å². The summed E-state index contributed by atoms with van der Waals surface area (Å²) in [5.41, 5.74) is -0.288. The number of carbonyl (C=O) groups is 1. The third-order valence-electron chi connectivity index (χ3n) is 4.81. The average molecular weight is 622 g/mol. The molecule has 3 nitrogen and oxygen atoms in total. The fraction of sp³-hybridized carbons (Fsp3) is 0.444. The Bertz CT molecular complexity index is 1190. The lowest BCUT2D eigenvalue weighted by Gasteiger charge is -2.42. The highest BCUT2D eigenvalue weighted by atomic mass is 32.1. The summed E-state index contributed by atoms with van der Waals surface area (Å²) in [5.74, 6) is -61.0. The van der Waals surface area contributed by atoms with E-state index in [9.17, 15) is 79.4 Å². The second kappa shape index (κ2) is 9.65. The van der Waals surface area contributed by atoms with Crippen LogP contribution in [0.15, 0.2) is 29.6 Å². The van der Waals surface area contributed by atoms with Crippen molar-refractivity contribution in [2.75, 3.05) is 5.32 Å². The molecule has 0 bridgehead atoms. The molecule has 0 spiro atoms. The van der Waals surface area contributed by atoms with Crippen molar-refractivity contribution in [1.82, 2.24) is 4.98 Å². The van der Waals surface area contributed by atoms with Crippen molar-refractivity contribution in [3.63, 3.8) is 0 Å². The highest BCUT2D eigenvalue weighted by Crippen LogP contribution is 2.62. The van der Waals surface area contributed by atoms with E-state index in [1.54, 1.807) is 0 Å². The Kier molecular flexibility index (Phi) is 8.00. The van der Waals surface area contributed by atoms with Crippen LogP contribution in [-0.4, -0.2) is 58.8 Å². The van der Waals surface area contributed by atoms with Crippen LogP contribution in [0.1, 0.15) is 0 Å². The second-order valence-corrected chi connectivity index (χ2v) is 8.23. The predicted octanol–water partition coefficient (Wildman–Crippen LogP) is 7.60. The van der Waals surface area contributed by atoms with Gasteiger partial charge in [-0.15, -0.1) is 11.3 Å². The fourth-order valence-corrected chi connectivity index (χ4v) is 3.25. The molecule has 0 saturated carbocycles. The number of amides is 1. The van der Waals surface area contributed by atoms with Crippen LogP contribution in [0.5, 0.6) is 0 Å². The molecule has 2 rings (SSSR count). The minimum atomic E-state index is -8.61. The third-order valence-corrected chi connectivity index (χ3v) is 5.57. The number of rotatable bonds is 10. The molecule has 2 aromatic rings. The molecule has 0 atom stereocenters. The van der Waals surface area contributed by atoms with E-state index in [2.05, 4.69) is 4.98 Å². The lowest BCUT2D eigenvalue weighted by Crippen LogP contribution is -2.74. The van der Waals surface area contributed by atoms with E-state index in [0.717, 1.165) is 35.0 Å². The molecular weight excluding hydrogens is 615 g/mol. The van der Waals surface area contributed by atoms with Gasteiger partial charge in [0.2, 0.25) is 0 Å². The number of nitrogens with one attached hydrogen (secondary N) is 1. The van der Waals surface area contributed by atoms with Crippen LogP contribution < -0.4 is 5.32 Å². The molecule has 1 N–H and O–H groups in total. The zero-order valence-electron chi connectivity index (χ0n) is 17.7. The third kappa shape index (κ3) is 4.75. The van der Waals surface area contributed by atoms with E-state index < -0.39 is 64.7 Å². The van der Waals surface area contributed by atoms with Crippen molar-refractivity contribution >= 4 is 22.4 Å². The maximum absolute atomic E-state index is 14.0. The summed E-state index contributed by atoms with van der Waals surface area (Å²) in [6.45, 7) is 0. The van der Waals surface area contributed by atoms with Crippen molar-refractivity contribution in [2.24, 2.45) is 0 Å². The molecule has 0 aliphatic carbocycles. The van der Waals surface area contributed by atoms with E-state index in [0.29, 0.717) is 0 Å². The number of benzene rings is 1. The van der Waals surface area contributed by atoms with Crippen molar-refractivity contribution in [3.05, 3.63) is 35.5 Å². The molecule has 220 valence electrons. The molecule has 0 saturated heterocycles. The van der Waals surface area contributed by atoms with Crippen LogP contribution in [0.25, 0.3) is 11.3 Å². The van der Waals surface area contributed by atoms with Gasteiger partial charge in [0, 0.05) is 10.9 Å². The zero-order valence-corrected chi connectivity index (χ0v) is 18.5. The molecule has 21 heteroatoms. The number of anilines is 1. The van der Waals surface area contributed by atoms with Crippen LogP contribution in [0, 0.1) is 5.82 Å². The summed E-state index contributed by atoms with van der Waals surface area (Å²) >= 11 is 0.106. The van der Waals surface area contributed by atoms with Crippen LogP contribution in [0.4, 0.5) is 79.8 Å². The van der Waals surface area contributed by atoms with Crippen LogP contribution in [0.3, 0.4) is 0 Å². The summed E-state index contributed by atoms with van der Waals surface area (Å²) in [5, 5.41) is 0.495. The molecule has 0 aliphatic heterocycles. The number of thiazole rings is 1. The van der Waals surface area contributed by atoms with E-state index in [1.807, 2.05) is 0 Å². The standard InChI is InChI=1S/C18H7F17N2OS/c19-7-3-1-6(2-4-7)8-5-39-11(36-8)37-10(38)13(24,25)15(28,29)17(32,33)18(34,35)16(30,31)14(26,27)12(22,23)9(20)21/h1-5,9H,(H,36,37,38). The summed E-state index contributed by atoms with van der Waals surface area (Å²) in [6, 6.07) is 3.74. The minimum absolute atomic E-state index is 0.000161. The first kappa shape index (κ1) is 32.3. The van der Waals surface area contributed by atoms with Gasteiger partial charge in [0.05, 0.1) is 5.69 Å². The molecular formula is C18H7F17N2OS. The number of hydrogen-bond donors (Lipinski definition) is 1. The highest BCUT2D eigenvalue weighted by molar-refractivity contribution is 7.14. The van der Waals surface area contributed by atoms with Gasteiger partial charge < -0.3 is 0 Å². The second-order valence-electron chi connectivity index (χ2n) is 7.37. The molecule has 1 aromatic heterocycles. The number of carbonyl (C=O) groups excluding carboxylic acids is 1. The molecule has 39 heavy (non-hydrogen) atoms. The van der Waals surface area contributed by atoms with Crippen molar-refractivity contribution in [3.8, 4) is 11.3 Å². The highest BCUT2D eigenvalue weighted by Gasteiger charge is 2.94. The smallest absolute Gasteiger partial charge is 0.296 e. The summed E-state index contributed by atoms with van der Waals surface area (Å²) < 4.78 is 227. The fourth-order valence-electron chi connectivity index (χ4n) is 2.54. The lowest BCUT2D eigenvalue weighted by molar-refractivity contribution is -0.443. The monoisotopic (exact) mass is 622 g/mol. The largest absolute Gasteiger partial charge is 0.393 e. The van der Waals surface area contributed by atoms with Crippen molar-refractivity contribution in [1.29, 1.82) is 0 Å². The molecule has 0 aliphatic rings. The van der Waals surface area contributed by atoms with E-state index >= 15 is 0 Å². The molecule has 0 fully saturated rings. The van der Waals surface area contributed by atoms with E-state index in [4.69, 9.17) is 0 Å². The van der Waals surface area contributed by atoms with E-state index in [-0.39, 0.29) is 22.6 Å². The number of aromatic nitrogens is 1. The zero-order chi connectivity index (χ0) is 30.6. The maximum atomic E-state index is 14.0. The predicted molar refractivity (Wildman–Crippen MR) is 96.8 cm³/mol. The van der Waals surface area contributed by atoms with Gasteiger partial charge in [0.15, 0.2) is 5.13 Å². The van der Waals surface area contributed by atoms with Gasteiger partial charge in [-0.25, -0.2) is 18.2 Å². The first-order chi connectivity index (χ1) is 17.3. The van der Waals surface area contributed by atoms with Gasteiger partial charge in [-0.3, -0.25) is 10.1 Å². The molecule has 1 aromatic carbocycles. The van der Waals surface area contributed by atoms with Gasteiger partial charge in [0.25, 0.3) is 0 Å². The van der Waals surface area contributed by atoms with Gasteiger partial charge >= 0.3 is 53.8 Å². The van der Waals surface area contributed by atoms with Gasteiger partial charge in [-0.05, 0) is 24.3 Å². The lowest BCUT2D eigenvalue weighted by atomic mass is 9.89. The van der Waals surface area contributed by atoms with Crippen molar-refractivity contribution < 1.29 is 79.4 Å². The Hall–Kier alpha value is -2.87. The Morgan fingerprint density at radius 1 is 0.718 bits per heavy atom. The number of halogens is 17. The minimum Gasteiger partial charge on any atom is -0.296 e. The molecule has 0 radical (unpaired) electrons. The van der Waals surface area contributed by atoms with Crippen LogP contribution >= 0.6 is 11.3 Å². The summed E-state index contributed by atoms with van der Waals surface area (Å²) in [6.07, 6.45) is -5.95. The van der Waals surface area contributed by atoms with Crippen molar-refractivity contribution in [2.45, 2.75) is 47.9 Å². The number of hydrogen-bond acceptors (Lipinski definition) is 3. The average Bonchev–Trinajstić information content (AvgIpc) is 3.26. The molecule has 1 amide bonds. The van der Waals surface area contributed by atoms with Gasteiger partial charge in [-0.2, -0.15) is 61.5 Å². The Labute approximate surface area is 207 Å². The number of alkyl halides is 16. The molecule has 1 heterocycles. The Balaban J connectivity index is 2.44. The first-order valence-corrected chi connectivity index (χ1v) is 10.1. The quantitative estimate of drug-likeness (QED) is 0.278. The number of nitrogens with zero attached hydrogens (tertiary/aromatic N) is 1. The molecule has 0 unspecified atom stereocenters. The van der Waals surface area contributed by atoms with Crippen LogP contribution in [0.2, 0.25) is 0 Å². The summed E-state index contributed by atoms with van der Waals surface area (Å²) in [7, 11) is 0. The Morgan fingerprint density at radius 2 is 1.15 bits per heavy atom. The SMILES string of the molecule is O=C(Nc1nc(-c2ccc(F)cc2)cs1)C(F)(F)C(F)(F)C(F)(F)C(F)(F)C(F)(F)C(F)(F)C(F)(F)C(F)F. The van der Waals surface area contributed by atoms with Gasteiger partial charge in [0.1, 0.15) is 5.82 Å². The maximum Gasteiger partial charge on any atom is 0.393 e. The topological polar surface area (TPSA) is 42.0 Å². The summed E-state index contributed by atoms with van der Waals surface area (Å²) in [4.78, 5) is 14.9. The normalized spacial score (nSPS) is 14.6. The van der Waals surface area contributed by atoms with E-state index in [1.165, 1.54) is 0 Å².